The Bertz CT molecular complexity index is 926. The summed E-state index contributed by atoms with van der Waals surface area (Å²) < 4.78 is 10.9. The Morgan fingerprint density at radius 2 is 1.83 bits per heavy atom. The largest absolute Gasteiger partial charge is 0.504 e. The smallest absolute Gasteiger partial charge is 0.194 e. The maximum atomic E-state index is 12.2. The van der Waals surface area contributed by atoms with Crippen LogP contribution in [0.25, 0.3) is 22.3 Å². The monoisotopic (exact) mass is 314 g/mol. The first-order valence-corrected chi connectivity index (χ1v) is 6.89. The van der Waals surface area contributed by atoms with Gasteiger partial charge in [0.15, 0.2) is 23.2 Å². The lowest BCUT2D eigenvalue weighted by Gasteiger charge is -2.09. The van der Waals surface area contributed by atoms with Crippen molar-refractivity contribution in [3.63, 3.8) is 0 Å². The fraction of sp³-hybridized carbons (Fsp3) is 0.118. The summed E-state index contributed by atoms with van der Waals surface area (Å²) in [4.78, 5) is 12.2. The highest BCUT2D eigenvalue weighted by Crippen LogP contribution is 2.31. The highest BCUT2D eigenvalue weighted by molar-refractivity contribution is 5.80. The lowest BCUT2D eigenvalue weighted by molar-refractivity contribution is -0.000229. The van der Waals surface area contributed by atoms with E-state index < -0.39 is 6.29 Å². The van der Waals surface area contributed by atoms with E-state index in [0.29, 0.717) is 22.3 Å². The molecule has 1 atom stereocenters. The molecule has 118 valence electrons. The Hall–Kier alpha value is -2.99. The molecule has 1 aromatic heterocycles. The van der Waals surface area contributed by atoms with Gasteiger partial charge >= 0.3 is 0 Å². The van der Waals surface area contributed by atoms with E-state index in [1.807, 2.05) is 0 Å². The van der Waals surface area contributed by atoms with Gasteiger partial charge in [0.05, 0.1) is 5.39 Å². The van der Waals surface area contributed by atoms with Crippen LogP contribution in [0.3, 0.4) is 0 Å². The fourth-order valence-corrected chi connectivity index (χ4v) is 2.22. The van der Waals surface area contributed by atoms with Crippen molar-refractivity contribution in [2.24, 2.45) is 0 Å². The third-order valence-electron chi connectivity index (χ3n) is 3.27. The van der Waals surface area contributed by atoms with Gasteiger partial charge in [0.2, 0.25) is 0 Å². The molecule has 0 spiro atoms. The summed E-state index contributed by atoms with van der Waals surface area (Å²) >= 11 is 0. The molecule has 23 heavy (non-hydrogen) atoms. The number of benzene rings is 2. The normalized spacial score (nSPS) is 12.3. The van der Waals surface area contributed by atoms with E-state index in [4.69, 9.17) is 9.15 Å². The Morgan fingerprint density at radius 3 is 2.52 bits per heavy atom. The molecule has 0 saturated heterocycles. The molecular formula is C17H14O6. The van der Waals surface area contributed by atoms with Crippen LogP contribution < -0.4 is 10.2 Å². The van der Waals surface area contributed by atoms with Crippen molar-refractivity contribution < 1.29 is 24.5 Å². The number of phenols is 2. The maximum Gasteiger partial charge on any atom is 0.194 e. The van der Waals surface area contributed by atoms with E-state index in [-0.39, 0.29) is 22.7 Å². The summed E-state index contributed by atoms with van der Waals surface area (Å²) in [5.41, 5.74) is 0.483. The first kappa shape index (κ1) is 14.9. The van der Waals surface area contributed by atoms with Gasteiger partial charge in [-0.1, -0.05) is 0 Å². The molecule has 6 nitrogen and oxygen atoms in total. The number of aliphatic hydroxyl groups excluding tert-OH is 1. The Kier molecular flexibility index (Phi) is 3.67. The van der Waals surface area contributed by atoms with Gasteiger partial charge in [-0.05, 0) is 37.3 Å². The van der Waals surface area contributed by atoms with E-state index in [1.165, 1.54) is 37.3 Å². The van der Waals surface area contributed by atoms with E-state index in [9.17, 15) is 20.1 Å². The molecular weight excluding hydrogens is 300 g/mol. The van der Waals surface area contributed by atoms with Crippen molar-refractivity contribution in [3.8, 4) is 28.6 Å². The molecule has 0 bridgehead atoms. The third kappa shape index (κ3) is 2.97. The Balaban J connectivity index is 2.14. The van der Waals surface area contributed by atoms with Crippen molar-refractivity contribution in [1.82, 2.24) is 0 Å². The predicted molar refractivity (Wildman–Crippen MR) is 83.6 cm³/mol. The molecule has 3 aromatic rings. The van der Waals surface area contributed by atoms with Crippen LogP contribution in [-0.4, -0.2) is 21.6 Å². The van der Waals surface area contributed by atoms with Crippen LogP contribution in [0.2, 0.25) is 0 Å². The molecule has 0 saturated carbocycles. The number of aliphatic hydroxyl groups is 1. The minimum absolute atomic E-state index is 0.243. The number of aromatic hydroxyl groups is 2. The van der Waals surface area contributed by atoms with Crippen LogP contribution in [-0.2, 0) is 0 Å². The molecule has 0 aliphatic rings. The molecule has 1 heterocycles. The first-order valence-electron chi connectivity index (χ1n) is 6.89. The van der Waals surface area contributed by atoms with Crippen molar-refractivity contribution >= 4 is 11.0 Å². The van der Waals surface area contributed by atoms with Gasteiger partial charge in [0.1, 0.15) is 17.1 Å². The molecule has 6 heteroatoms. The van der Waals surface area contributed by atoms with Gasteiger partial charge < -0.3 is 24.5 Å². The third-order valence-corrected chi connectivity index (χ3v) is 3.27. The second-order valence-corrected chi connectivity index (χ2v) is 5.05. The second kappa shape index (κ2) is 5.66. The van der Waals surface area contributed by atoms with Crippen LogP contribution in [0.1, 0.15) is 6.92 Å². The maximum absolute atomic E-state index is 12.2. The van der Waals surface area contributed by atoms with Crippen LogP contribution in [0.5, 0.6) is 17.2 Å². The van der Waals surface area contributed by atoms with E-state index in [1.54, 1.807) is 12.1 Å². The zero-order valence-corrected chi connectivity index (χ0v) is 12.2. The number of fused-ring (bicyclic) bond motifs is 1. The van der Waals surface area contributed by atoms with E-state index >= 15 is 0 Å². The molecule has 1 unspecified atom stereocenters. The molecule has 3 N–H and O–H groups in total. The zero-order chi connectivity index (χ0) is 16.6. The average Bonchev–Trinajstić information content (AvgIpc) is 2.49. The van der Waals surface area contributed by atoms with Gasteiger partial charge in [-0.15, -0.1) is 0 Å². The summed E-state index contributed by atoms with van der Waals surface area (Å²) in [6.45, 7) is 1.47. The van der Waals surface area contributed by atoms with E-state index in [2.05, 4.69) is 0 Å². The Labute approximate surface area is 130 Å². The van der Waals surface area contributed by atoms with Gasteiger partial charge in [0, 0.05) is 17.7 Å². The zero-order valence-electron chi connectivity index (χ0n) is 12.2. The molecule has 0 fully saturated rings. The topological polar surface area (TPSA) is 100 Å². The van der Waals surface area contributed by atoms with E-state index in [0.717, 1.165) is 0 Å². The van der Waals surface area contributed by atoms with Crippen molar-refractivity contribution in [2.75, 3.05) is 0 Å². The van der Waals surface area contributed by atoms with Crippen molar-refractivity contribution in [2.45, 2.75) is 13.2 Å². The number of hydrogen-bond acceptors (Lipinski definition) is 6. The quantitative estimate of drug-likeness (QED) is 0.507. The summed E-state index contributed by atoms with van der Waals surface area (Å²) in [5, 5.41) is 28.6. The minimum Gasteiger partial charge on any atom is -0.504 e. The lowest BCUT2D eigenvalue weighted by atomic mass is 10.1. The van der Waals surface area contributed by atoms with Crippen molar-refractivity contribution in [3.05, 3.63) is 52.7 Å². The molecule has 3 rings (SSSR count). The number of ether oxygens (including phenoxy) is 1. The molecule has 0 aliphatic carbocycles. The summed E-state index contributed by atoms with van der Waals surface area (Å²) in [6, 6.07) is 10.1. The molecule has 2 aromatic carbocycles. The first-order chi connectivity index (χ1) is 10.9. The molecule has 0 amide bonds. The number of hydrogen-bond donors (Lipinski definition) is 3. The van der Waals surface area contributed by atoms with Crippen LogP contribution in [0, 0.1) is 0 Å². The highest BCUT2D eigenvalue weighted by atomic mass is 16.6. The number of rotatable bonds is 3. The SMILES string of the molecule is CC(O)Oc1ccc2c(=O)cc(-c3ccc(O)c(O)c3)oc2c1. The summed E-state index contributed by atoms with van der Waals surface area (Å²) in [5.74, 6) is 0.0364. The van der Waals surface area contributed by atoms with Gasteiger partial charge in [0.25, 0.3) is 0 Å². The summed E-state index contributed by atoms with van der Waals surface area (Å²) in [7, 11) is 0. The van der Waals surface area contributed by atoms with Gasteiger partial charge in [-0.2, -0.15) is 0 Å². The van der Waals surface area contributed by atoms with Crippen LogP contribution >= 0.6 is 0 Å². The Morgan fingerprint density at radius 1 is 1.04 bits per heavy atom. The lowest BCUT2D eigenvalue weighted by Crippen LogP contribution is -2.09. The average molecular weight is 314 g/mol. The second-order valence-electron chi connectivity index (χ2n) is 5.05. The minimum atomic E-state index is -0.989. The van der Waals surface area contributed by atoms with Crippen LogP contribution in [0.15, 0.2) is 51.7 Å². The van der Waals surface area contributed by atoms with Gasteiger partial charge in [-0.25, -0.2) is 0 Å². The summed E-state index contributed by atoms with van der Waals surface area (Å²) in [6.07, 6.45) is -0.989. The standard InChI is InChI=1S/C17H14O6/c1-9(18)22-11-3-4-12-14(20)8-16(23-17(12)7-11)10-2-5-13(19)15(21)6-10/h2-9,18-19,21H,1H3. The molecule has 0 radical (unpaired) electrons. The fourth-order valence-electron chi connectivity index (χ4n) is 2.22. The van der Waals surface area contributed by atoms with Gasteiger partial charge in [-0.3, -0.25) is 4.79 Å². The predicted octanol–water partition coefficient (Wildman–Crippen LogP) is 2.59. The van der Waals surface area contributed by atoms with Crippen LogP contribution in [0.4, 0.5) is 0 Å². The molecule has 0 aliphatic heterocycles. The highest BCUT2D eigenvalue weighted by Gasteiger charge is 2.10. The number of phenolic OH excluding ortho intramolecular Hbond substituents is 2. The van der Waals surface area contributed by atoms with Crippen molar-refractivity contribution in [1.29, 1.82) is 0 Å².